The second-order valence-electron chi connectivity index (χ2n) is 9.13. The van der Waals surface area contributed by atoms with Gasteiger partial charge in [0.2, 0.25) is 23.6 Å². The van der Waals surface area contributed by atoms with Crippen LogP contribution in [-0.2, 0) is 24.0 Å². The summed E-state index contributed by atoms with van der Waals surface area (Å²) in [5, 5.41) is 44.6. The van der Waals surface area contributed by atoms with E-state index in [-0.39, 0.29) is 45.4 Å². The minimum absolute atomic E-state index is 0.0143. The molecule has 0 aromatic heterocycles. The number of unbranched alkanes of at least 4 members (excludes halogenated alkanes) is 6. The number of aliphatic carboxylic acids is 1. The standard InChI is InChI=1S/C24H44N4O9/c1-3-4-5-6-7-8-9-12-22(32)28(37)16-11-14-26-21(31)18-24(35,23(33)34)17-20(30)25-13-10-15-27(36)19(2)29/h35-37H,3-18H2,1-2H3,(H,25,30)(H,26,31)(H,33,34). The molecule has 0 aliphatic rings. The highest BCUT2D eigenvalue weighted by Gasteiger charge is 2.40. The van der Waals surface area contributed by atoms with Gasteiger partial charge in [0.15, 0.2) is 5.60 Å². The molecular weight excluding hydrogens is 488 g/mol. The molecule has 0 aromatic carbocycles. The van der Waals surface area contributed by atoms with Crippen molar-refractivity contribution in [1.82, 2.24) is 20.8 Å². The van der Waals surface area contributed by atoms with Crippen LogP contribution in [0.4, 0.5) is 0 Å². The first-order valence-corrected chi connectivity index (χ1v) is 12.9. The van der Waals surface area contributed by atoms with Crippen molar-refractivity contribution in [3.05, 3.63) is 0 Å². The third-order valence-corrected chi connectivity index (χ3v) is 5.69. The zero-order chi connectivity index (χ0) is 28.3. The van der Waals surface area contributed by atoms with Gasteiger partial charge < -0.3 is 20.8 Å². The summed E-state index contributed by atoms with van der Waals surface area (Å²) in [6, 6.07) is 0. The molecule has 0 aromatic rings. The average molecular weight is 533 g/mol. The Kier molecular flexibility index (Phi) is 17.9. The van der Waals surface area contributed by atoms with Crippen LogP contribution in [0.25, 0.3) is 0 Å². The van der Waals surface area contributed by atoms with Gasteiger partial charge in [0.25, 0.3) is 0 Å². The summed E-state index contributed by atoms with van der Waals surface area (Å²) in [5.74, 6) is -4.35. The van der Waals surface area contributed by atoms with Gasteiger partial charge in [0, 0.05) is 26.4 Å². The first-order valence-electron chi connectivity index (χ1n) is 12.9. The van der Waals surface area contributed by atoms with E-state index in [9.17, 15) is 44.6 Å². The molecule has 0 aliphatic carbocycles. The molecule has 0 heterocycles. The molecule has 214 valence electrons. The lowest BCUT2D eigenvalue weighted by Crippen LogP contribution is -2.47. The normalized spacial score (nSPS) is 12.4. The van der Waals surface area contributed by atoms with E-state index in [2.05, 4.69) is 17.6 Å². The quantitative estimate of drug-likeness (QED) is 0.0714. The summed E-state index contributed by atoms with van der Waals surface area (Å²) in [4.78, 5) is 58.5. The van der Waals surface area contributed by atoms with Crippen molar-refractivity contribution in [2.45, 2.75) is 96.5 Å². The van der Waals surface area contributed by atoms with Crippen molar-refractivity contribution >= 4 is 29.6 Å². The Hall–Kier alpha value is -2.77. The van der Waals surface area contributed by atoms with Crippen molar-refractivity contribution < 1.29 is 44.6 Å². The molecule has 13 heteroatoms. The van der Waals surface area contributed by atoms with E-state index in [1.807, 2.05) is 0 Å². The van der Waals surface area contributed by atoms with Crippen LogP contribution in [0.1, 0.15) is 90.9 Å². The molecule has 0 radical (unpaired) electrons. The second-order valence-corrected chi connectivity index (χ2v) is 9.13. The molecule has 0 aliphatic heterocycles. The van der Waals surface area contributed by atoms with Crippen molar-refractivity contribution in [3.8, 4) is 0 Å². The molecule has 0 saturated carbocycles. The number of carboxylic acid groups (broad SMARTS) is 1. The fourth-order valence-electron chi connectivity index (χ4n) is 3.43. The smallest absolute Gasteiger partial charge is 0.336 e. The number of aliphatic hydroxyl groups is 1. The Balaban J connectivity index is 4.24. The highest BCUT2D eigenvalue weighted by molar-refractivity contribution is 5.91. The van der Waals surface area contributed by atoms with Crippen LogP contribution in [0.2, 0.25) is 0 Å². The summed E-state index contributed by atoms with van der Waals surface area (Å²) in [6.45, 7) is 3.28. The summed E-state index contributed by atoms with van der Waals surface area (Å²) >= 11 is 0. The van der Waals surface area contributed by atoms with Crippen LogP contribution >= 0.6 is 0 Å². The van der Waals surface area contributed by atoms with E-state index >= 15 is 0 Å². The van der Waals surface area contributed by atoms with Crippen LogP contribution < -0.4 is 10.6 Å². The zero-order valence-electron chi connectivity index (χ0n) is 22.0. The Morgan fingerprint density at radius 3 is 1.65 bits per heavy atom. The number of hydrogen-bond acceptors (Lipinski definition) is 8. The van der Waals surface area contributed by atoms with Gasteiger partial charge in [-0.1, -0.05) is 45.4 Å². The molecule has 0 fully saturated rings. The first-order chi connectivity index (χ1) is 17.4. The lowest BCUT2D eigenvalue weighted by Gasteiger charge is -2.22. The average Bonchev–Trinajstić information content (AvgIpc) is 2.83. The van der Waals surface area contributed by atoms with E-state index in [1.165, 1.54) is 19.3 Å². The van der Waals surface area contributed by atoms with Gasteiger partial charge in [0.1, 0.15) is 0 Å². The number of amides is 4. The monoisotopic (exact) mass is 532 g/mol. The number of carbonyl (C=O) groups excluding carboxylic acids is 4. The molecule has 0 saturated heterocycles. The van der Waals surface area contributed by atoms with Crippen molar-refractivity contribution in [2.75, 3.05) is 26.2 Å². The van der Waals surface area contributed by atoms with E-state index < -0.39 is 48.0 Å². The fourth-order valence-corrected chi connectivity index (χ4v) is 3.43. The van der Waals surface area contributed by atoms with Crippen LogP contribution in [-0.4, -0.2) is 92.1 Å². The van der Waals surface area contributed by atoms with Crippen LogP contribution in [0.15, 0.2) is 0 Å². The first kappa shape index (κ1) is 34.2. The van der Waals surface area contributed by atoms with Crippen molar-refractivity contribution in [2.24, 2.45) is 0 Å². The van der Waals surface area contributed by atoms with E-state index in [0.29, 0.717) is 16.5 Å². The second kappa shape index (κ2) is 19.4. The molecular formula is C24H44N4O9. The molecule has 0 rings (SSSR count). The highest BCUT2D eigenvalue weighted by Crippen LogP contribution is 2.16. The van der Waals surface area contributed by atoms with E-state index in [1.54, 1.807) is 0 Å². The maximum atomic E-state index is 12.1. The lowest BCUT2D eigenvalue weighted by atomic mass is 9.94. The Morgan fingerprint density at radius 2 is 1.19 bits per heavy atom. The van der Waals surface area contributed by atoms with Gasteiger partial charge >= 0.3 is 5.97 Å². The molecule has 4 amide bonds. The maximum absolute atomic E-state index is 12.1. The third-order valence-electron chi connectivity index (χ3n) is 5.69. The molecule has 0 bridgehead atoms. The Bertz CT molecular complexity index is 735. The number of rotatable bonds is 21. The van der Waals surface area contributed by atoms with Gasteiger partial charge in [-0.25, -0.2) is 14.9 Å². The molecule has 1 unspecified atom stereocenters. The SMILES string of the molecule is CCCCCCCCCC(=O)N(O)CCCNC(=O)CC(O)(CC(=O)NCCCN(O)C(C)=O)C(=O)O. The largest absolute Gasteiger partial charge is 0.479 e. The summed E-state index contributed by atoms with van der Waals surface area (Å²) in [5.41, 5.74) is -2.63. The van der Waals surface area contributed by atoms with Gasteiger partial charge in [-0.15, -0.1) is 0 Å². The molecule has 1 atom stereocenters. The molecule has 37 heavy (non-hydrogen) atoms. The van der Waals surface area contributed by atoms with Crippen molar-refractivity contribution in [1.29, 1.82) is 0 Å². The van der Waals surface area contributed by atoms with Gasteiger partial charge in [-0.2, -0.15) is 0 Å². The summed E-state index contributed by atoms with van der Waals surface area (Å²) in [7, 11) is 0. The van der Waals surface area contributed by atoms with Gasteiger partial charge in [-0.3, -0.25) is 29.6 Å². The van der Waals surface area contributed by atoms with Crippen molar-refractivity contribution in [3.63, 3.8) is 0 Å². The zero-order valence-corrected chi connectivity index (χ0v) is 22.0. The minimum Gasteiger partial charge on any atom is -0.479 e. The fraction of sp³-hybridized carbons (Fsp3) is 0.792. The van der Waals surface area contributed by atoms with Crippen LogP contribution in [0.5, 0.6) is 0 Å². The lowest BCUT2D eigenvalue weighted by molar-refractivity contribution is -0.166. The van der Waals surface area contributed by atoms with Gasteiger partial charge in [-0.05, 0) is 19.3 Å². The van der Waals surface area contributed by atoms with E-state index in [4.69, 9.17) is 0 Å². The number of nitrogens with one attached hydrogen (secondary N) is 2. The summed E-state index contributed by atoms with van der Waals surface area (Å²) < 4.78 is 0. The topological polar surface area (TPSA) is 197 Å². The third kappa shape index (κ3) is 16.6. The highest BCUT2D eigenvalue weighted by atomic mass is 16.5. The maximum Gasteiger partial charge on any atom is 0.336 e. The number of carboxylic acids is 1. The number of hydroxylamine groups is 4. The number of carbonyl (C=O) groups is 5. The van der Waals surface area contributed by atoms with Crippen LogP contribution in [0, 0.1) is 0 Å². The van der Waals surface area contributed by atoms with E-state index in [0.717, 1.165) is 26.2 Å². The molecule has 6 N–H and O–H groups in total. The van der Waals surface area contributed by atoms with Gasteiger partial charge in [0.05, 0.1) is 25.9 Å². The number of hydrogen-bond donors (Lipinski definition) is 6. The predicted octanol–water partition coefficient (Wildman–Crippen LogP) is 1.19. The van der Waals surface area contributed by atoms with Crippen LogP contribution in [0.3, 0.4) is 0 Å². The Morgan fingerprint density at radius 1 is 0.730 bits per heavy atom. The number of nitrogens with zero attached hydrogens (tertiary/aromatic N) is 2. The molecule has 13 nitrogen and oxygen atoms in total. The predicted molar refractivity (Wildman–Crippen MR) is 132 cm³/mol. The minimum atomic E-state index is -2.63. The Labute approximate surface area is 218 Å². The molecule has 0 spiro atoms. The summed E-state index contributed by atoms with van der Waals surface area (Å²) in [6.07, 6.45) is 6.27.